The summed E-state index contributed by atoms with van der Waals surface area (Å²) in [5.74, 6) is 0.281. The first kappa shape index (κ1) is 25.8. The molecule has 0 unspecified atom stereocenters. The summed E-state index contributed by atoms with van der Waals surface area (Å²) in [4.78, 5) is 10.7. The van der Waals surface area contributed by atoms with Crippen LogP contribution in [0.3, 0.4) is 0 Å². The van der Waals surface area contributed by atoms with Crippen LogP contribution < -0.4 is 5.32 Å². The number of ketones is 1. The second-order valence-electron chi connectivity index (χ2n) is 4.94. The normalized spacial score (nSPS) is 8.68. The Morgan fingerprint density at radius 3 is 1.68 bits per heavy atom. The molecule has 0 radical (unpaired) electrons. The van der Waals surface area contributed by atoms with Crippen LogP contribution in [0.5, 0.6) is 0 Å². The first-order valence-corrected chi connectivity index (χ1v) is 8.66. The van der Waals surface area contributed by atoms with Crippen molar-refractivity contribution < 1.29 is 4.79 Å². The summed E-state index contributed by atoms with van der Waals surface area (Å²) in [6.45, 7) is 20.9. The molecule has 1 N–H and O–H groups in total. The van der Waals surface area contributed by atoms with Gasteiger partial charge in [-0.2, -0.15) is 0 Å². The minimum atomic E-state index is 0.281. The monoisotopic (exact) mass is 309 g/mol. The minimum absolute atomic E-state index is 0.281. The topological polar surface area (TPSA) is 29.1 Å². The molecule has 2 heteroatoms. The van der Waals surface area contributed by atoms with Gasteiger partial charge in [0.25, 0.3) is 0 Å². The van der Waals surface area contributed by atoms with E-state index in [1.807, 2.05) is 48.5 Å². The van der Waals surface area contributed by atoms with E-state index in [9.17, 15) is 4.79 Å². The van der Waals surface area contributed by atoms with E-state index in [2.05, 4.69) is 44.3 Å². The molecule has 0 spiro atoms. The first-order chi connectivity index (χ1) is 10.4. The highest BCUT2D eigenvalue weighted by atomic mass is 16.1. The Kier molecular flexibility index (Phi) is 21.0. The van der Waals surface area contributed by atoms with Crippen molar-refractivity contribution in [3.63, 3.8) is 0 Å². The van der Waals surface area contributed by atoms with Gasteiger partial charge in [0.2, 0.25) is 0 Å². The fourth-order valence-corrected chi connectivity index (χ4v) is 1.34. The van der Waals surface area contributed by atoms with Crippen LogP contribution in [-0.4, -0.2) is 18.4 Å². The number of carbonyl (C=O) groups is 1. The van der Waals surface area contributed by atoms with Crippen LogP contribution in [0.15, 0.2) is 18.2 Å². The van der Waals surface area contributed by atoms with E-state index in [-0.39, 0.29) is 5.78 Å². The van der Waals surface area contributed by atoms with Crippen LogP contribution in [0, 0.1) is 20.8 Å². The molecule has 1 rings (SSSR count). The molecule has 0 aliphatic carbocycles. The molecule has 0 bridgehead atoms. The number of rotatable bonds is 4. The molecule has 0 amide bonds. The Morgan fingerprint density at radius 1 is 1.00 bits per heavy atom. The van der Waals surface area contributed by atoms with Crippen LogP contribution in [0.2, 0.25) is 0 Å². The van der Waals surface area contributed by atoms with Crippen molar-refractivity contribution in [2.45, 2.75) is 81.7 Å². The smallest absolute Gasteiger partial charge is 0.146 e. The number of hydrogen-bond acceptors (Lipinski definition) is 2. The van der Waals surface area contributed by atoms with Gasteiger partial charge in [0.1, 0.15) is 5.78 Å². The summed E-state index contributed by atoms with van der Waals surface area (Å²) >= 11 is 0. The molecule has 0 saturated heterocycles. The minimum Gasteiger partial charge on any atom is -0.308 e. The molecule has 0 aromatic heterocycles. The fourth-order valence-electron chi connectivity index (χ4n) is 1.34. The van der Waals surface area contributed by atoms with Crippen molar-refractivity contribution in [1.82, 2.24) is 5.32 Å². The summed E-state index contributed by atoms with van der Waals surface area (Å²) < 4.78 is 0. The molecule has 130 valence electrons. The van der Waals surface area contributed by atoms with E-state index in [0.717, 1.165) is 0 Å². The van der Waals surface area contributed by atoms with Gasteiger partial charge >= 0.3 is 0 Å². The quantitative estimate of drug-likeness (QED) is 0.781. The van der Waals surface area contributed by atoms with Gasteiger partial charge in [0.15, 0.2) is 0 Å². The molecule has 2 nitrogen and oxygen atoms in total. The van der Waals surface area contributed by atoms with Crippen molar-refractivity contribution in [3.8, 4) is 0 Å². The molecule has 0 aliphatic heterocycles. The molecule has 0 heterocycles. The van der Waals surface area contributed by atoms with E-state index in [1.54, 1.807) is 0 Å². The molecule has 22 heavy (non-hydrogen) atoms. The number of Topliss-reactive ketones (excluding diaryl/α,β-unsaturated/α-hetero) is 1. The molecule has 0 fully saturated rings. The van der Waals surface area contributed by atoms with E-state index < -0.39 is 0 Å². The fraction of sp³-hybridized carbons (Fsp3) is 0.650. The van der Waals surface area contributed by atoms with Gasteiger partial charge in [-0.05, 0) is 37.5 Å². The van der Waals surface area contributed by atoms with Gasteiger partial charge < -0.3 is 5.32 Å². The average molecular weight is 310 g/mol. The lowest BCUT2D eigenvalue weighted by molar-refractivity contribution is -0.118. The van der Waals surface area contributed by atoms with E-state index in [1.165, 1.54) is 16.7 Å². The molecule has 0 saturated carbocycles. The van der Waals surface area contributed by atoms with Gasteiger partial charge in [0, 0.05) is 12.5 Å². The number of aryl methyl sites for hydroxylation is 2. The standard InChI is InChI=1S/C9H12.C7H15NO.2C2H6/c1-7-5-4-6-8(2)9(7)3;1-4-7(9)5-8-6(2)3;2*1-2/h4-6H,1-3H3;6,8H,4-5H2,1-3H3;2*1-2H3. The Bertz CT molecular complexity index is 350. The van der Waals surface area contributed by atoms with Gasteiger partial charge in [-0.15, -0.1) is 0 Å². The summed E-state index contributed by atoms with van der Waals surface area (Å²) in [5.41, 5.74) is 4.18. The SMILES string of the molecule is CC.CC.CCC(=O)CNC(C)C.Cc1cccc(C)c1C. The maximum Gasteiger partial charge on any atom is 0.146 e. The second kappa shape index (κ2) is 17.9. The molecule has 0 atom stereocenters. The highest BCUT2D eigenvalue weighted by Gasteiger charge is 1.97. The van der Waals surface area contributed by atoms with Crippen molar-refractivity contribution >= 4 is 5.78 Å². The Morgan fingerprint density at radius 2 is 1.41 bits per heavy atom. The van der Waals surface area contributed by atoms with Crippen LogP contribution in [0.1, 0.15) is 71.6 Å². The van der Waals surface area contributed by atoms with Gasteiger partial charge in [-0.3, -0.25) is 4.79 Å². The third kappa shape index (κ3) is 15.2. The van der Waals surface area contributed by atoms with Gasteiger partial charge in [-0.25, -0.2) is 0 Å². The predicted molar refractivity (Wildman–Crippen MR) is 102 cm³/mol. The maximum atomic E-state index is 10.7. The lowest BCUT2D eigenvalue weighted by Gasteiger charge is -2.04. The second-order valence-corrected chi connectivity index (χ2v) is 4.94. The van der Waals surface area contributed by atoms with Gasteiger partial charge in [-0.1, -0.05) is 66.7 Å². The van der Waals surface area contributed by atoms with Gasteiger partial charge in [0.05, 0.1) is 6.54 Å². The van der Waals surface area contributed by atoms with Crippen LogP contribution in [-0.2, 0) is 4.79 Å². The molecular weight excluding hydrogens is 270 g/mol. The molecule has 0 aliphatic rings. The Hall–Kier alpha value is -1.15. The lowest BCUT2D eigenvalue weighted by Crippen LogP contribution is -2.28. The molecular formula is C20H39NO. The van der Waals surface area contributed by atoms with E-state index in [4.69, 9.17) is 0 Å². The number of hydrogen-bond donors (Lipinski definition) is 1. The summed E-state index contributed by atoms with van der Waals surface area (Å²) in [6.07, 6.45) is 0.639. The van der Waals surface area contributed by atoms with Crippen LogP contribution in [0.25, 0.3) is 0 Å². The average Bonchev–Trinajstić information content (AvgIpc) is 2.54. The first-order valence-electron chi connectivity index (χ1n) is 8.66. The lowest BCUT2D eigenvalue weighted by atomic mass is 10.1. The summed E-state index contributed by atoms with van der Waals surface area (Å²) in [7, 11) is 0. The number of nitrogens with one attached hydrogen (secondary N) is 1. The zero-order valence-electron chi connectivity index (χ0n) is 16.6. The van der Waals surface area contributed by atoms with Crippen LogP contribution >= 0.6 is 0 Å². The molecule has 1 aromatic carbocycles. The zero-order valence-corrected chi connectivity index (χ0v) is 16.6. The summed E-state index contributed by atoms with van der Waals surface area (Å²) in [6, 6.07) is 6.79. The maximum absolute atomic E-state index is 10.7. The number of benzene rings is 1. The third-order valence-electron chi connectivity index (χ3n) is 2.98. The highest BCUT2D eigenvalue weighted by molar-refractivity contribution is 5.80. The van der Waals surface area contributed by atoms with Crippen molar-refractivity contribution in [1.29, 1.82) is 0 Å². The van der Waals surface area contributed by atoms with Crippen molar-refractivity contribution in [2.75, 3.05) is 6.54 Å². The predicted octanol–water partition coefficient (Wildman–Crippen LogP) is 5.63. The molecule has 1 aromatic rings. The largest absolute Gasteiger partial charge is 0.308 e. The number of carbonyl (C=O) groups excluding carboxylic acids is 1. The Balaban J connectivity index is -0.000000267. The third-order valence-corrected chi connectivity index (χ3v) is 2.98. The van der Waals surface area contributed by atoms with Crippen molar-refractivity contribution in [2.24, 2.45) is 0 Å². The van der Waals surface area contributed by atoms with Crippen molar-refractivity contribution in [3.05, 3.63) is 34.9 Å². The summed E-state index contributed by atoms with van der Waals surface area (Å²) in [5, 5.41) is 3.05. The Labute approximate surface area is 139 Å². The zero-order chi connectivity index (χ0) is 18.1. The van der Waals surface area contributed by atoms with E-state index >= 15 is 0 Å². The highest BCUT2D eigenvalue weighted by Crippen LogP contribution is 2.09. The van der Waals surface area contributed by atoms with E-state index in [0.29, 0.717) is 19.0 Å². The van der Waals surface area contributed by atoms with Crippen LogP contribution in [0.4, 0.5) is 0 Å².